The zero-order chi connectivity index (χ0) is 14.9. The molecule has 0 bridgehead atoms. The number of rotatable bonds is 4. The maximum absolute atomic E-state index is 12.9. The molecular weight excluding hydrogens is 408 g/mol. The van der Waals surface area contributed by atoms with Crippen molar-refractivity contribution in [3.8, 4) is 0 Å². The fourth-order valence-corrected chi connectivity index (χ4v) is 7.00. The van der Waals surface area contributed by atoms with Gasteiger partial charge in [-0.3, -0.25) is 0 Å². The van der Waals surface area contributed by atoms with Gasteiger partial charge in [0.15, 0.2) is 0 Å². The summed E-state index contributed by atoms with van der Waals surface area (Å²) in [6.45, 7) is 2.37. The van der Waals surface area contributed by atoms with Gasteiger partial charge in [0, 0.05) is 27.2 Å². The van der Waals surface area contributed by atoms with Crippen molar-refractivity contribution in [2.24, 2.45) is 0 Å². The van der Waals surface area contributed by atoms with Crippen LogP contribution in [0.15, 0.2) is 26.0 Å². The van der Waals surface area contributed by atoms with Gasteiger partial charge in [-0.15, -0.1) is 0 Å². The second-order valence-electron chi connectivity index (χ2n) is 4.96. The summed E-state index contributed by atoms with van der Waals surface area (Å²) in [6.07, 6.45) is 4.08. The summed E-state index contributed by atoms with van der Waals surface area (Å²) >= 11 is 6.65. The molecule has 1 aromatic rings. The standard InChI is InChI=1S/C13H18Br2N2O2S/c1-2-17(10-5-3-4-6-10)20(18,19)13-11(14)7-9(16)8-12(13)15/h7-8,10H,2-6,16H2,1H3. The maximum Gasteiger partial charge on any atom is 0.245 e. The van der Waals surface area contributed by atoms with Crippen LogP contribution in [-0.4, -0.2) is 25.3 Å². The van der Waals surface area contributed by atoms with E-state index < -0.39 is 10.0 Å². The summed E-state index contributed by atoms with van der Waals surface area (Å²) in [4.78, 5) is 0.264. The molecule has 2 N–H and O–H groups in total. The molecule has 0 unspecified atom stereocenters. The van der Waals surface area contributed by atoms with Gasteiger partial charge in [0.25, 0.3) is 0 Å². The molecule has 0 radical (unpaired) electrons. The topological polar surface area (TPSA) is 63.4 Å². The number of sulfonamides is 1. The molecule has 2 rings (SSSR count). The smallest absolute Gasteiger partial charge is 0.245 e. The van der Waals surface area contributed by atoms with Crippen LogP contribution < -0.4 is 5.73 Å². The Balaban J connectivity index is 2.48. The minimum Gasteiger partial charge on any atom is -0.399 e. The van der Waals surface area contributed by atoms with Crippen molar-refractivity contribution in [3.05, 3.63) is 21.1 Å². The summed E-state index contributed by atoms with van der Waals surface area (Å²) in [5.74, 6) is 0. The van der Waals surface area contributed by atoms with E-state index in [4.69, 9.17) is 5.73 Å². The fourth-order valence-electron chi connectivity index (χ4n) is 2.76. The highest BCUT2D eigenvalue weighted by Gasteiger charge is 2.34. The van der Waals surface area contributed by atoms with Crippen LogP contribution in [0.4, 0.5) is 5.69 Å². The maximum atomic E-state index is 12.9. The first-order chi connectivity index (χ1) is 9.37. The van der Waals surface area contributed by atoms with E-state index in [2.05, 4.69) is 31.9 Å². The number of anilines is 1. The van der Waals surface area contributed by atoms with Gasteiger partial charge in [-0.05, 0) is 56.8 Å². The predicted octanol–water partition coefficient (Wildman–Crippen LogP) is 3.75. The molecule has 7 heteroatoms. The highest BCUT2D eigenvalue weighted by atomic mass is 79.9. The lowest BCUT2D eigenvalue weighted by Crippen LogP contribution is -2.38. The second kappa shape index (κ2) is 6.34. The summed E-state index contributed by atoms with van der Waals surface area (Å²) in [5, 5.41) is 0. The monoisotopic (exact) mass is 424 g/mol. The van der Waals surface area contributed by atoms with Crippen molar-refractivity contribution in [1.82, 2.24) is 4.31 Å². The first-order valence-corrected chi connectivity index (χ1v) is 9.67. The Morgan fingerprint density at radius 1 is 1.25 bits per heavy atom. The Kier molecular flexibility index (Phi) is 5.15. The van der Waals surface area contributed by atoms with Gasteiger partial charge in [-0.25, -0.2) is 8.42 Å². The predicted molar refractivity (Wildman–Crippen MR) is 88.1 cm³/mol. The van der Waals surface area contributed by atoms with Gasteiger partial charge in [-0.1, -0.05) is 19.8 Å². The summed E-state index contributed by atoms with van der Waals surface area (Å²) in [5.41, 5.74) is 6.25. The molecule has 20 heavy (non-hydrogen) atoms. The Morgan fingerprint density at radius 2 is 1.75 bits per heavy atom. The van der Waals surface area contributed by atoms with Gasteiger partial charge in [-0.2, -0.15) is 4.31 Å². The molecule has 1 aliphatic carbocycles. The molecule has 1 aromatic carbocycles. The molecule has 0 aliphatic heterocycles. The number of halogens is 2. The van der Waals surface area contributed by atoms with Gasteiger partial charge >= 0.3 is 0 Å². The molecule has 1 fully saturated rings. The van der Waals surface area contributed by atoms with Gasteiger partial charge in [0.1, 0.15) is 4.90 Å². The van der Waals surface area contributed by atoms with Crippen LogP contribution in [0.3, 0.4) is 0 Å². The molecular formula is C13H18Br2N2O2S. The van der Waals surface area contributed by atoms with Crippen LogP contribution in [0, 0.1) is 0 Å². The average Bonchev–Trinajstić information content (AvgIpc) is 2.80. The van der Waals surface area contributed by atoms with Crippen LogP contribution in [0.5, 0.6) is 0 Å². The van der Waals surface area contributed by atoms with E-state index in [9.17, 15) is 8.42 Å². The Labute approximate surface area is 137 Å². The van der Waals surface area contributed by atoms with E-state index in [0.29, 0.717) is 21.2 Å². The number of benzene rings is 1. The molecule has 0 atom stereocenters. The largest absolute Gasteiger partial charge is 0.399 e. The number of nitrogens with zero attached hydrogens (tertiary/aromatic N) is 1. The minimum atomic E-state index is -3.53. The van der Waals surface area contributed by atoms with Crippen molar-refractivity contribution in [1.29, 1.82) is 0 Å². The third-order valence-corrected chi connectivity index (χ3v) is 7.54. The molecule has 4 nitrogen and oxygen atoms in total. The van der Waals surface area contributed by atoms with E-state index >= 15 is 0 Å². The minimum absolute atomic E-state index is 0.112. The molecule has 112 valence electrons. The van der Waals surface area contributed by atoms with Crippen molar-refractivity contribution in [2.45, 2.75) is 43.5 Å². The summed E-state index contributed by atoms with van der Waals surface area (Å²) < 4.78 is 28.5. The van der Waals surface area contributed by atoms with Gasteiger partial charge in [0.05, 0.1) is 0 Å². The third kappa shape index (κ3) is 3.05. The number of nitrogens with two attached hydrogens (primary N) is 1. The number of hydrogen-bond acceptors (Lipinski definition) is 3. The molecule has 1 saturated carbocycles. The first-order valence-electron chi connectivity index (χ1n) is 6.64. The highest BCUT2D eigenvalue weighted by molar-refractivity contribution is 9.11. The summed E-state index contributed by atoms with van der Waals surface area (Å²) in [6, 6.07) is 3.36. The van der Waals surface area contributed by atoms with Crippen molar-refractivity contribution >= 4 is 47.6 Å². The average molecular weight is 426 g/mol. The first kappa shape index (κ1) is 16.3. The van der Waals surface area contributed by atoms with Crippen LogP contribution in [-0.2, 0) is 10.0 Å². The molecule has 0 aromatic heterocycles. The van der Waals surface area contributed by atoms with Crippen LogP contribution in [0.25, 0.3) is 0 Å². The van der Waals surface area contributed by atoms with Crippen LogP contribution in [0.2, 0.25) is 0 Å². The molecule has 0 amide bonds. The van der Waals surface area contributed by atoms with Crippen molar-refractivity contribution in [3.63, 3.8) is 0 Å². The highest BCUT2D eigenvalue weighted by Crippen LogP contribution is 2.36. The lowest BCUT2D eigenvalue weighted by Gasteiger charge is -2.27. The van der Waals surface area contributed by atoms with E-state index in [1.807, 2.05) is 6.92 Å². The van der Waals surface area contributed by atoms with E-state index in [0.717, 1.165) is 25.7 Å². The van der Waals surface area contributed by atoms with Crippen LogP contribution in [0.1, 0.15) is 32.6 Å². The fraction of sp³-hybridized carbons (Fsp3) is 0.538. The Hall–Kier alpha value is -0.110. The molecule has 0 heterocycles. The molecule has 0 saturated heterocycles. The van der Waals surface area contributed by atoms with E-state index in [1.54, 1.807) is 16.4 Å². The second-order valence-corrected chi connectivity index (χ2v) is 8.50. The van der Waals surface area contributed by atoms with Crippen molar-refractivity contribution < 1.29 is 8.42 Å². The summed E-state index contributed by atoms with van der Waals surface area (Å²) in [7, 11) is -3.53. The molecule has 0 spiro atoms. The Morgan fingerprint density at radius 3 is 2.20 bits per heavy atom. The number of hydrogen-bond donors (Lipinski definition) is 1. The normalized spacial score (nSPS) is 17.0. The zero-order valence-corrected chi connectivity index (χ0v) is 15.3. The zero-order valence-electron chi connectivity index (χ0n) is 11.3. The van der Waals surface area contributed by atoms with E-state index in [-0.39, 0.29) is 10.9 Å². The SMILES string of the molecule is CCN(C1CCCC1)S(=O)(=O)c1c(Br)cc(N)cc1Br. The number of nitrogen functional groups attached to an aromatic ring is 1. The van der Waals surface area contributed by atoms with Crippen LogP contribution >= 0.6 is 31.9 Å². The van der Waals surface area contributed by atoms with Gasteiger partial charge in [0.2, 0.25) is 10.0 Å². The van der Waals surface area contributed by atoms with Gasteiger partial charge < -0.3 is 5.73 Å². The molecule has 1 aliphatic rings. The van der Waals surface area contributed by atoms with E-state index in [1.165, 1.54) is 0 Å². The quantitative estimate of drug-likeness (QED) is 0.747. The third-order valence-electron chi connectivity index (χ3n) is 3.63. The lowest BCUT2D eigenvalue weighted by atomic mass is 10.2. The van der Waals surface area contributed by atoms with Crippen molar-refractivity contribution in [2.75, 3.05) is 12.3 Å². The lowest BCUT2D eigenvalue weighted by molar-refractivity contribution is 0.335. The Bertz CT molecular complexity index is 575.